The van der Waals surface area contributed by atoms with Crippen molar-refractivity contribution in [3.8, 4) is 0 Å². The van der Waals surface area contributed by atoms with E-state index in [9.17, 15) is 4.79 Å². The number of aliphatic carboxylic acids is 1. The van der Waals surface area contributed by atoms with Crippen molar-refractivity contribution in [2.75, 3.05) is 0 Å². The Morgan fingerprint density at radius 3 is 3.00 bits per heavy atom. The number of hydrogen-bond donors (Lipinski definition) is 2. The summed E-state index contributed by atoms with van der Waals surface area (Å²) in [6.07, 6.45) is 4.52. The van der Waals surface area contributed by atoms with Crippen LogP contribution in [0.15, 0.2) is 0 Å². The molecule has 1 aromatic rings. The van der Waals surface area contributed by atoms with E-state index in [4.69, 9.17) is 10.8 Å². The molecule has 94 valence electrons. The van der Waals surface area contributed by atoms with Crippen molar-refractivity contribution < 1.29 is 9.90 Å². The summed E-state index contributed by atoms with van der Waals surface area (Å²) in [4.78, 5) is 15.4. The van der Waals surface area contributed by atoms with E-state index in [-0.39, 0.29) is 0 Å². The summed E-state index contributed by atoms with van der Waals surface area (Å²) in [5.41, 5.74) is 7.66. The molecule has 5 nitrogen and oxygen atoms in total. The number of rotatable bonds is 4. The van der Waals surface area contributed by atoms with Gasteiger partial charge in [0, 0.05) is 25.1 Å². The highest BCUT2D eigenvalue weighted by atomic mass is 16.4. The summed E-state index contributed by atoms with van der Waals surface area (Å²) in [6.45, 7) is 2.99. The molecule has 0 fully saturated rings. The zero-order valence-electron chi connectivity index (χ0n) is 10.1. The van der Waals surface area contributed by atoms with Crippen molar-refractivity contribution in [3.63, 3.8) is 0 Å². The lowest BCUT2D eigenvalue weighted by Crippen LogP contribution is -2.33. The molecule has 3 N–H and O–H groups in total. The molecule has 2 heterocycles. The van der Waals surface area contributed by atoms with Crippen LogP contribution >= 0.6 is 0 Å². The van der Waals surface area contributed by atoms with E-state index in [1.165, 1.54) is 6.42 Å². The lowest BCUT2D eigenvalue weighted by atomic mass is 10.1. The Morgan fingerprint density at radius 2 is 2.35 bits per heavy atom. The fourth-order valence-electron chi connectivity index (χ4n) is 2.41. The van der Waals surface area contributed by atoms with Gasteiger partial charge in [-0.05, 0) is 19.3 Å². The third-order valence-corrected chi connectivity index (χ3v) is 3.33. The van der Waals surface area contributed by atoms with Gasteiger partial charge in [0.05, 0.1) is 5.69 Å². The Morgan fingerprint density at radius 1 is 1.59 bits per heavy atom. The second-order valence-electron chi connectivity index (χ2n) is 4.53. The summed E-state index contributed by atoms with van der Waals surface area (Å²) in [6, 6.07) is -0.831. The van der Waals surface area contributed by atoms with Crippen LogP contribution in [0.2, 0.25) is 0 Å². The highest BCUT2D eigenvalue weighted by Gasteiger charge is 2.22. The molecule has 1 aliphatic heterocycles. The van der Waals surface area contributed by atoms with Gasteiger partial charge in [-0.3, -0.25) is 4.79 Å². The zero-order valence-corrected chi connectivity index (χ0v) is 10.1. The molecular weight excluding hydrogens is 218 g/mol. The number of carbonyl (C=O) groups is 1. The molecule has 0 spiro atoms. The van der Waals surface area contributed by atoms with Gasteiger partial charge >= 0.3 is 5.97 Å². The summed E-state index contributed by atoms with van der Waals surface area (Å²) in [5, 5.41) is 8.89. The van der Waals surface area contributed by atoms with Crippen LogP contribution in [0.1, 0.15) is 37.0 Å². The van der Waals surface area contributed by atoms with Crippen molar-refractivity contribution in [2.45, 2.75) is 51.6 Å². The van der Waals surface area contributed by atoms with Crippen molar-refractivity contribution >= 4 is 5.97 Å². The third-order valence-electron chi connectivity index (χ3n) is 3.33. The van der Waals surface area contributed by atoms with Crippen LogP contribution in [0.3, 0.4) is 0 Å². The minimum Gasteiger partial charge on any atom is -0.480 e. The van der Waals surface area contributed by atoms with Crippen LogP contribution in [0, 0.1) is 0 Å². The number of aromatic nitrogens is 2. The number of carboxylic acids is 1. The molecule has 0 saturated heterocycles. The second-order valence-corrected chi connectivity index (χ2v) is 4.53. The number of carboxylic acid groups (broad SMARTS) is 1. The minimum atomic E-state index is -0.946. The monoisotopic (exact) mass is 237 g/mol. The van der Waals surface area contributed by atoms with Crippen molar-refractivity contribution in [1.29, 1.82) is 0 Å². The fraction of sp³-hybridized carbons (Fsp3) is 0.667. The average Bonchev–Trinajstić information content (AvgIpc) is 2.67. The third kappa shape index (κ3) is 2.34. The largest absolute Gasteiger partial charge is 0.480 e. The lowest BCUT2D eigenvalue weighted by Gasteiger charge is -2.17. The average molecular weight is 237 g/mol. The maximum Gasteiger partial charge on any atom is 0.320 e. The first-order chi connectivity index (χ1) is 8.13. The summed E-state index contributed by atoms with van der Waals surface area (Å²) in [7, 11) is 0. The van der Waals surface area contributed by atoms with E-state index < -0.39 is 12.0 Å². The van der Waals surface area contributed by atoms with Gasteiger partial charge in [-0.2, -0.15) is 0 Å². The Hall–Kier alpha value is -1.36. The van der Waals surface area contributed by atoms with Gasteiger partial charge in [0.15, 0.2) is 0 Å². The number of hydrogen-bond acceptors (Lipinski definition) is 3. The van der Waals surface area contributed by atoms with Crippen LogP contribution in [-0.4, -0.2) is 26.7 Å². The number of aryl methyl sites for hydroxylation is 2. The molecule has 0 amide bonds. The van der Waals surface area contributed by atoms with Crippen molar-refractivity contribution in [2.24, 2.45) is 5.73 Å². The van der Waals surface area contributed by atoms with Gasteiger partial charge in [-0.25, -0.2) is 4.98 Å². The van der Waals surface area contributed by atoms with Gasteiger partial charge in [0.1, 0.15) is 11.9 Å². The van der Waals surface area contributed by atoms with Crippen molar-refractivity contribution in [1.82, 2.24) is 9.55 Å². The van der Waals surface area contributed by atoms with Crippen LogP contribution in [-0.2, 0) is 30.6 Å². The first-order valence-corrected chi connectivity index (χ1v) is 6.19. The molecule has 2 rings (SSSR count). The quantitative estimate of drug-likeness (QED) is 0.809. The Labute approximate surface area is 101 Å². The zero-order chi connectivity index (χ0) is 12.4. The molecule has 1 unspecified atom stereocenters. The number of nitrogens with two attached hydrogens (primary N) is 1. The van der Waals surface area contributed by atoms with Crippen LogP contribution in [0.4, 0.5) is 0 Å². The molecule has 1 aliphatic rings. The maximum absolute atomic E-state index is 10.8. The van der Waals surface area contributed by atoms with Gasteiger partial charge in [0.25, 0.3) is 0 Å². The Kier molecular flexibility index (Phi) is 3.47. The lowest BCUT2D eigenvalue weighted by molar-refractivity contribution is -0.138. The SMILES string of the molecule is CCc1nc2n(c1CC(N)C(=O)O)CCCC2. The molecule has 0 bridgehead atoms. The molecular formula is C12H19N3O2. The summed E-state index contributed by atoms with van der Waals surface area (Å²) >= 11 is 0. The summed E-state index contributed by atoms with van der Waals surface area (Å²) < 4.78 is 2.17. The predicted octanol–water partition coefficient (Wildman–Crippen LogP) is 0.736. The topological polar surface area (TPSA) is 81.1 Å². The van der Waals surface area contributed by atoms with E-state index in [0.717, 1.165) is 43.0 Å². The molecule has 0 aliphatic carbocycles. The molecule has 1 atom stereocenters. The van der Waals surface area contributed by atoms with E-state index in [2.05, 4.69) is 9.55 Å². The van der Waals surface area contributed by atoms with Crippen LogP contribution in [0.5, 0.6) is 0 Å². The number of fused-ring (bicyclic) bond motifs is 1. The standard InChI is InChI=1S/C12H19N3O2/c1-2-9-10(7-8(13)12(16)17)15-6-4-3-5-11(15)14-9/h8H,2-7,13H2,1H3,(H,16,17). The fourth-order valence-corrected chi connectivity index (χ4v) is 2.41. The van der Waals surface area contributed by atoms with E-state index in [0.29, 0.717) is 6.42 Å². The number of nitrogens with zero attached hydrogens (tertiary/aromatic N) is 2. The Balaban J connectivity index is 2.30. The van der Waals surface area contributed by atoms with Crippen LogP contribution in [0.25, 0.3) is 0 Å². The summed E-state index contributed by atoms with van der Waals surface area (Å²) in [5.74, 6) is 0.152. The first kappa shape index (κ1) is 12.1. The first-order valence-electron chi connectivity index (χ1n) is 6.19. The molecule has 0 radical (unpaired) electrons. The molecule has 5 heteroatoms. The Bertz CT molecular complexity index is 426. The predicted molar refractivity (Wildman–Crippen MR) is 63.9 cm³/mol. The maximum atomic E-state index is 10.8. The van der Waals surface area contributed by atoms with Crippen LogP contribution < -0.4 is 5.73 Å². The molecule has 17 heavy (non-hydrogen) atoms. The molecule has 0 aromatic carbocycles. The highest BCUT2D eigenvalue weighted by molar-refractivity contribution is 5.73. The molecule has 0 saturated carbocycles. The molecule has 1 aromatic heterocycles. The van der Waals surface area contributed by atoms with Gasteiger partial charge in [-0.1, -0.05) is 6.92 Å². The van der Waals surface area contributed by atoms with E-state index in [1.54, 1.807) is 0 Å². The van der Waals surface area contributed by atoms with Gasteiger partial charge in [0.2, 0.25) is 0 Å². The van der Waals surface area contributed by atoms with Gasteiger partial charge < -0.3 is 15.4 Å². The highest BCUT2D eigenvalue weighted by Crippen LogP contribution is 2.21. The second kappa shape index (κ2) is 4.87. The smallest absolute Gasteiger partial charge is 0.320 e. The normalized spacial score (nSPS) is 16.6. The van der Waals surface area contributed by atoms with Gasteiger partial charge in [-0.15, -0.1) is 0 Å². The minimum absolute atomic E-state index is 0.380. The van der Waals surface area contributed by atoms with E-state index >= 15 is 0 Å². The van der Waals surface area contributed by atoms with Crippen molar-refractivity contribution in [3.05, 3.63) is 17.2 Å². The van der Waals surface area contributed by atoms with E-state index in [1.807, 2.05) is 6.92 Å². The number of imidazole rings is 1.